The van der Waals surface area contributed by atoms with Crippen LogP contribution in [0.1, 0.15) is 25.8 Å². The van der Waals surface area contributed by atoms with Crippen LogP contribution in [0.3, 0.4) is 0 Å². The number of benzene rings is 2. The molecule has 0 aliphatic rings. The van der Waals surface area contributed by atoms with E-state index in [0.29, 0.717) is 13.1 Å². The molecule has 4 heteroatoms. The lowest BCUT2D eigenvalue weighted by Crippen LogP contribution is -2.35. The first kappa shape index (κ1) is 17.0. The first-order chi connectivity index (χ1) is 11.1. The van der Waals surface area contributed by atoms with E-state index in [1.54, 1.807) is 4.90 Å². The van der Waals surface area contributed by atoms with Gasteiger partial charge in [-0.1, -0.05) is 42.5 Å². The normalized spacial score (nSPS) is 10.5. The van der Waals surface area contributed by atoms with Crippen LogP contribution in [0.5, 0.6) is 0 Å². The number of aryl methyl sites for hydroxylation is 1. The van der Waals surface area contributed by atoms with Gasteiger partial charge in [-0.05, 0) is 36.1 Å². The fraction of sp³-hybridized carbons (Fsp3) is 0.368. The predicted molar refractivity (Wildman–Crippen MR) is 91.2 cm³/mol. The van der Waals surface area contributed by atoms with Crippen LogP contribution in [0.15, 0.2) is 42.5 Å². The maximum atomic E-state index is 11.9. The number of nitrogens with zero attached hydrogens (tertiary/aromatic N) is 1. The third-order valence-electron chi connectivity index (χ3n) is 3.84. The number of ether oxygens (including phenoxy) is 1. The third kappa shape index (κ3) is 5.09. The van der Waals surface area contributed by atoms with Gasteiger partial charge in [-0.3, -0.25) is 9.59 Å². The van der Waals surface area contributed by atoms with E-state index >= 15 is 0 Å². The monoisotopic (exact) mass is 313 g/mol. The van der Waals surface area contributed by atoms with Crippen molar-refractivity contribution in [3.05, 3.63) is 48.0 Å². The fourth-order valence-corrected chi connectivity index (χ4v) is 2.58. The van der Waals surface area contributed by atoms with E-state index in [1.165, 1.54) is 23.3 Å². The molecule has 0 heterocycles. The number of likely N-dealkylation sites (N-methyl/N-ethyl adjacent to an activating group) is 1. The van der Waals surface area contributed by atoms with Gasteiger partial charge in [0, 0.05) is 20.0 Å². The molecule has 0 unspecified atom stereocenters. The van der Waals surface area contributed by atoms with Gasteiger partial charge in [0.25, 0.3) is 5.91 Å². The molecule has 4 nitrogen and oxygen atoms in total. The van der Waals surface area contributed by atoms with Crippen LogP contribution >= 0.6 is 0 Å². The Morgan fingerprint density at radius 1 is 1.09 bits per heavy atom. The molecule has 122 valence electrons. The molecule has 0 spiro atoms. The molecule has 0 saturated heterocycles. The average Bonchev–Trinajstić information content (AvgIpc) is 2.56. The number of carbonyl (C=O) groups excluding carboxylic acids is 2. The second-order valence-electron chi connectivity index (χ2n) is 5.54. The molecule has 0 saturated carbocycles. The summed E-state index contributed by atoms with van der Waals surface area (Å²) >= 11 is 0. The van der Waals surface area contributed by atoms with Crippen molar-refractivity contribution in [3.8, 4) is 0 Å². The van der Waals surface area contributed by atoms with Gasteiger partial charge in [0.1, 0.15) is 0 Å². The van der Waals surface area contributed by atoms with E-state index in [0.717, 1.165) is 12.8 Å². The van der Waals surface area contributed by atoms with Crippen LogP contribution < -0.4 is 0 Å². The molecule has 0 aliphatic heterocycles. The summed E-state index contributed by atoms with van der Waals surface area (Å²) in [7, 11) is 0. The maximum Gasteiger partial charge on any atom is 0.303 e. The Kier molecular flexibility index (Phi) is 6.15. The van der Waals surface area contributed by atoms with Crippen LogP contribution in [0.2, 0.25) is 0 Å². The van der Waals surface area contributed by atoms with Gasteiger partial charge in [-0.15, -0.1) is 0 Å². The summed E-state index contributed by atoms with van der Waals surface area (Å²) in [4.78, 5) is 24.4. The summed E-state index contributed by atoms with van der Waals surface area (Å²) in [5.41, 5.74) is 1.27. The molecule has 23 heavy (non-hydrogen) atoms. The summed E-state index contributed by atoms with van der Waals surface area (Å²) in [5, 5.41) is 2.48. The van der Waals surface area contributed by atoms with Crippen LogP contribution in [0.25, 0.3) is 10.8 Å². The van der Waals surface area contributed by atoms with E-state index in [1.807, 2.05) is 19.1 Å². The van der Waals surface area contributed by atoms with Crippen molar-refractivity contribution >= 4 is 22.6 Å². The van der Waals surface area contributed by atoms with Crippen molar-refractivity contribution in [3.63, 3.8) is 0 Å². The van der Waals surface area contributed by atoms with Gasteiger partial charge in [-0.2, -0.15) is 0 Å². The summed E-state index contributed by atoms with van der Waals surface area (Å²) in [6, 6.07) is 14.8. The molecular weight excluding hydrogens is 290 g/mol. The molecule has 0 aliphatic carbocycles. The molecule has 2 rings (SSSR count). The van der Waals surface area contributed by atoms with Crippen LogP contribution in [0.4, 0.5) is 0 Å². The molecule has 0 radical (unpaired) electrons. The minimum absolute atomic E-state index is 0.138. The number of carbonyl (C=O) groups is 2. The van der Waals surface area contributed by atoms with Gasteiger partial charge in [0.15, 0.2) is 6.61 Å². The van der Waals surface area contributed by atoms with Crippen molar-refractivity contribution in [2.24, 2.45) is 0 Å². The molecule has 0 bridgehead atoms. The molecule has 0 aromatic heterocycles. The topological polar surface area (TPSA) is 46.6 Å². The Morgan fingerprint density at radius 3 is 2.52 bits per heavy atom. The minimum Gasteiger partial charge on any atom is -0.456 e. The fourth-order valence-electron chi connectivity index (χ4n) is 2.58. The Hall–Kier alpha value is -2.36. The first-order valence-corrected chi connectivity index (χ1v) is 7.99. The number of esters is 1. The summed E-state index contributed by atoms with van der Waals surface area (Å²) in [6.45, 7) is 4.37. The van der Waals surface area contributed by atoms with E-state index in [2.05, 4.69) is 30.3 Å². The van der Waals surface area contributed by atoms with Crippen molar-refractivity contribution in [2.45, 2.75) is 26.7 Å². The van der Waals surface area contributed by atoms with E-state index in [9.17, 15) is 9.59 Å². The molecule has 0 fully saturated rings. The highest BCUT2D eigenvalue weighted by Crippen LogP contribution is 2.16. The number of hydrogen-bond donors (Lipinski definition) is 0. The zero-order valence-corrected chi connectivity index (χ0v) is 13.7. The van der Waals surface area contributed by atoms with Crippen LogP contribution in [0, 0.1) is 0 Å². The maximum absolute atomic E-state index is 11.9. The Morgan fingerprint density at radius 2 is 1.83 bits per heavy atom. The number of amides is 1. The Balaban J connectivity index is 1.86. The summed E-state index contributed by atoms with van der Waals surface area (Å²) < 4.78 is 4.77. The van der Waals surface area contributed by atoms with E-state index in [-0.39, 0.29) is 12.5 Å². The molecule has 2 aromatic carbocycles. The number of fused-ring (bicyclic) bond motifs is 1. The summed E-state index contributed by atoms with van der Waals surface area (Å²) in [6.07, 6.45) is 1.81. The lowest BCUT2D eigenvalue weighted by atomic mass is 10.0. The van der Waals surface area contributed by atoms with Crippen LogP contribution in [-0.2, 0) is 20.7 Å². The average molecular weight is 313 g/mol. The van der Waals surface area contributed by atoms with Crippen LogP contribution in [-0.4, -0.2) is 36.5 Å². The molecule has 0 N–H and O–H groups in total. The van der Waals surface area contributed by atoms with Gasteiger partial charge in [0.05, 0.1) is 0 Å². The number of hydrogen-bond acceptors (Lipinski definition) is 3. The predicted octanol–water partition coefficient (Wildman–Crippen LogP) is 3.18. The minimum atomic E-state index is -0.425. The zero-order valence-electron chi connectivity index (χ0n) is 13.7. The van der Waals surface area contributed by atoms with E-state index in [4.69, 9.17) is 4.74 Å². The Labute approximate surface area is 137 Å². The molecule has 1 amide bonds. The van der Waals surface area contributed by atoms with Crippen molar-refractivity contribution in [1.82, 2.24) is 4.90 Å². The SMILES string of the molecule is CCN(CCCc1ccc2ccccc2c1)C(=O)COC(C)=O. The van der Waals surface area contributed by atoms with Crippen molar-refractivity contribution < 1.29 is 14.3 Å². The zero-order chi connectivity index (χ0) is 16.7. The largest absolute Gasteiger partial charge is 0.456 e. The number of rotatable bonds is 7. The van der Waals surface area contributed by atoms with Gasteiger partial charge in [0.2, 0.25) is 0 Å². The highest BCUT2D eigenvalue weighted by atomic mass is 16.5. The highest BCUT2D eigenvalue weighted by Gasteiger charge is 2.12. The molecule has 2 aromatic rings. The molecular formula is C19H23NO3. The van der Waals surface area contributed by atoms with Crippen molar-refractivity contribution in [2.75, 3.05) is 19.7 Å². The first-order valence-electron chi connectivity index (χ1n) is 7.99. The lowest BCUT2D eigenvalue weighted by Gasteiger charge is -2.20. The van der Waals surface area contributed by atoms with Gasteiger partial charge < -0.3 is 9.64 Å². The Bertz CT molecular complexity index is 681. The van der Waals surface area contributed by atoms with Crippen molar-refractivity contribution in [1.29, 1.82) is 0 Å². The lowest BCUT2D eigenvalue weighted by molar-refractivity contribution is -0.150. The third-order valence-corrected chi connectivity index (χ3v) is 3.84. The standard InChI is InChI=1S/C19H23NO3/c1-3-20(19(22)14-23-15(2)21)12-6-7-16-10-11-17-8-4-5-9-18(17)13-16/h4-5,8-11,13H,3,6-7,12,14H2,1-2H3. The van der Waals surface area contributed by atoms with Gasteiger partial charge in [-0.25, -0.2) is 0 Å². The molecule has 0 atom stereocenters. The second-order valence-corrected chi connectivity index (χ2v) is 5.54. The summed E-state index contributed by atoms with van der Waals surface area (Å²) in [5.74, 6) is -0.563. The highest BCUT2D eigenvalue weighted by molar-refractivity contribution is 5.83. The van der Waals surface area contributed by atoms with Gasteiger partial charge >= 0.3 is 5.97 Å². The second kappa shape index (κ2) is 8.32. The smallest absolute Gasteiger partial charge is 0.303 e. The van der Waals surface area contributed by atoms with E-state index < -0.39 is 5.97 Å². The quantitative estimate of drug-likeness (QED) is 0.738.